The van der Waals surface area contributed by atoms with Crippen molar-refractivity contribution in [2.45, 2.75) is 39.4 Å². The van der Waals surface area contributed by atoms with Crippen molar-refractivity contribution in [2.75, 3.05) is 5.32 Å². The number of aromatic nitrogens is 2. The summed E-state index contributed by atoms with van der Waals surface area (Å²) in [4.78, 5) is 12.0. The van der Waals surface area contributed by atoms with Gasteiger partial charge in [0.15, 0.2) is 11.5 Å². The number of hydrogen-bond acceptors (Lipinski definition) is 4. The van der Waals surface area contributed by atoms with Gasteiger partial charge in [0.1, 0.15) is 0 Å². The highest BCUT2D eigenvalue weighted by atomic mass is 16.7. The monoisotopic (exact) mass is 301 g/mol. The topological polar surface area (TPSA) is 76.2 Å². The molecule has 6 nitrogen and oxygen atoms in total. The standard InChI is InChI=1S/C16H19N3O3/c1-4-16(3)21-13-6-5-11(8-14(13)22-16)17-15(20)9-12-7-10(2)18-19-12/h5-8H,4,9H2,1-3H3,(H,17,20)(H,18,19). The summed E-state index contributed by atoms with van der Waals surface area (Å²) in [6.07, 6.45) is 0.966. The lowest BCUT2D eigenvalue weighted by atomic mass is 10.2. The number of nitrogens with zero attached hydrogens (tertiary/aromatic N) is 1. The fourth-order valence-electron chi connectivity index (χ4n) is 2.31. The number of carbonyl (C=O) groups is 1. The van der Waals surface area contributed by atoms with Gasteiger partial charge in [-0.2, -0.15) is 5.10 Å². The van der Waals surface area contributed by atoms with Gasteiger partial charge in [0.05, 0.1) is 12.1 Å². The minimum absolute atomic E-state index is 0.122. The molecule has 1 atom stereocenters. The molecule has 2 N–H and O–H groups in total. The molecule has 1 aliphatic heterocycles. The average molecular weight is 301 g/mol. The molecule has 6 heteroatoms. The van der Waals surface area contributed by atoms with Gasteiger partial charge in [-0.1, -0.05) is 6.92 Å². The van der Waals surface area contributed by atoms with E-state index in [2.05, 4.69) is 15.5 Å². The van der Waals surface area contributed by atoms with Crippen molar-refractivity contribution in [3.05, 3.63) is 35.7 Å². The Labute approximate surface area is 128 Å². The molecular weight excluding hydrogens is 282 g/mol. The molecule has 3 rings (SSSR count). The lowest BCUT2D eigenvalue weighted by Gasteiger charge is -2.20. The highest BCUT2D eigenvalue weighted by Crippen LogP contribution is 2.41. The molecule has 1 unspecified atom stereocenters. The van der Waals surface area contributed by atoms with Crippen LogP contribution in [-0.2, 0) is 11.2 Å². The molecule has 0 bridgehead atoms. The first-order valence-corrected chi connectivity index (χ1v) is 7.30. The van der Waals surface area contributed by atoms with Gasteiger partial charge in [0.2, 0.25) is 11.7 Å². The maximum Gasteiger partial charge on any atom is 0.248 e. The minimum Gasteiger partial charge on any atom is -0.449 e. The molecule has 0 saturated heterocycles. The normalized spacial score (nSPS) is 19.2. The third-order valence-electron chi connectivity index (χ3n) is 3.62. The van der Waals surface area contributed by atoms with E-state index in [0.717, 1.165) is 12.1 Å². The number of amides is 1. The van der Waals surface area contributed by atoms with Crippen molar-refractivity contribution < 1.29 is 14.3 Å². The fourth-order valence-corrected chi connectivity index (χ4v) is 2.31. The molecule has 116 valence electrons. The number of aromatic amines is 1. The van der Waals surface area contributed by atoms with Crippen molar-refractivity contribution in [1.29, 1.82) is 0 Å². The van der Waals surface area contributed by atoms with Crippen molar-refractivity contribution in [2.24, 2.45) is 0 Å². The zero-order valence-electron chi connectivity index (χ0n) is 12.9. The van der Waals surface area contributed by atoms with Crippen LogP contribution in [0, 0.1) is 6.92 Å². The Balaban J connectivity index is 1.67. The smallest absolute Gasteiger partial charge is 0.248 e. The Morgan fingerprint density at radius 3 is 2.77 bits per heavy atom. The Hall–Kier alpha value is -2.50. The summed E-state index contributed by atoms with van der Waals surface area (Å²) in [7, 11) is 0. The molecule has 1 aromatic carbocycles. The molecule has 1 amide bonds. The number of fused-ring (bicyclic) bond motifs is 1. The molecule has 2 heterocycles. The number of aryl methyl sites for hydroxylation is 1. The van der Waals surface area contributed by atoms with Crippen LogP contribution in [0.3, 0.4) is 0 Å². The van der Waals surface area contributed by atoms with Gasteiger partial charge in [0.25, 0.3) is 0 Å². The molecule has 22 heavy (non-hydrogen) atoms. The number of carbonyl (C=O) groups excluding carboxylic acids is 1. The summed E-state index contributed by atoms with van der Waals surface area (Å²) in [5.41, 5.74) is 2.33. The number of hydrogen-bond donors (Lipinski definition) is 2. The van der Waals surface area contributed by atoms with Crippen LogP contribution >= 0.6 is 0 Å². The van der Waals surface area contributed by atoms with Gasteiger partial charge in [-0.25, -0.2) is 0 Å². The van der Waals surface area contributed by atoms with Gasteiger partial charge in [0, 0.05) is 30.8 Å². The number of nitrogens with one attached hydrogen (secondary N) is 2. The molecular formula is C16H19N3O3. The molecule has 0 spiro atoms. The highest BCUT2D eigenvalue weighted by molar-refractivity contribution is 5.92. The van der Waals surface area contributed by atoms with E-state index in [9.17, 15) is 4.79 Å². The van der Waals surface area contributed by atoms with E-state index in [1.165, 1.54) is 0 Å². The van der Waals surface area contributed by atoms with Crippen molar-refractivity contribution in [3.8, 4) is 11.5 Å². The molecule has 2 aromatic rings. The molecule has 0 aliphatic carbocycles. The summed E-state index contributed by atoms with van der Waals surface area (Å²) in [6.45, 7) is 5.79. The van der Waals surface area contributed by atoms with Crippen LogP contribution in [0.25, 0.3) is 0 Å². The molecule has 0 radical (unpaired) electrons. The van der Waals surface area contributed by atoms with Gasteiger partial charge in [-0.15, -0.1) is 0 Å². The fraction of sp³-hybridized carbons (Fsp3) is 0.375. The van der Waals surface area contributed by atoms with Crippen LogP contribution in [-0.4, -0.2) is 21.9 Å². The minimum atomic E-state index is -0.627. The number of rotatable bonds is 4. The van der Waals surface area contributed by atoms with Gasteiger partial charge < -0.3 is 14.8 Å². The quantitative estimate of drug-likeness (QED) is 0.910. The van der Waals surface area contributed by atoms with Crippen LogP contribution < -0.4 is 14.8 Å². The summed E-state index contributed by atoms with van der Waals surface area (Å²) in [5, 5.41) is 9.72. The van der Waals surface area contributed by atoms with Crippen LogP contribution in [0.4, 0.5) is 5.69 Å². The number of ether oxygens (including phenoxy) is 2. The second kappa shape index (κ2) is 5.36. The van der Waals surface area contributed by atoms with Gasteiger partial charge in [-0.05, 0) is 25.1 Å². The summed E-state index contributed by atoms with van der Waals surface area (Å²) in [5.74, 6) is 0.601. The Morgan fingerprint density at radius 2 is 2.09 bits per heavy atom. The molecule has 1 aliphatic rings. The van der Waals surface area contributed by atoms with E-state index in [1.807, 2.05) is 32.9 Å². The first-order valence-electron chi connectivity index (χ1n) is 7.30. The summed E-state index contributed by atoms with van der Waals surface area (Å²) in [6, 6.07) is 7.25. The molecule has 0 fully saturated rings. The van der Waals surface area contributed by atoms with Gasteiger partial charge >= 0.3 is 0 Å². The third-order valence-corrected chi connectivity index (χ3v) is 3.62. The maximum atomic E-state index is 12.0. The van der Waals surface area contributed by atoms with Crippen molar-refractivity contribution in [3.63, 3.8) is 0 Å². The summed E-state index contributed by atoms with van der Waals surface area (Å²) >= 11 is 0. The Kier molecular flexibility index (Phi) is 3.52. The zero-order chi connectivity index (χ0) is 15.7. The summed E-state index contributed by atoms with van der Waals surface area (Å²) < 4.78 is 11.5. The van der Waals surface area contributed by atoms with E-state index >= 15 is 0 Å². The van der Waals surface area contributed by atoms with E-state index < -0.39 is 5.79 Å². The van der Waals surface area contributed by atoms with Crippen molar-refractivity contribution >= 4 is 11.6 Å². The lowest BCUT2D eigenvalue weighted by Crippen LogP contribution is -2.33. The first-order chi connectivity index (χ1) is 10.5. The van der Waals surface area contributed by atoms with E-state index in [-0.39, 0.29) is 12.3 Å². The highest BCUT2D eigenvalue weighted by Gasteiger charge is 2.34. The second-order valence-corrected chi connectivity index (χ2v) is 5.62. The Bertz CT molecular complexity index is 710. The average Bonchev–Trinajstić information content (AvgIpc) is 3.01. The van der Waals surface area contributed by atoms with Crippen LogP contribution in [0.5, 0.6) is 11.5 Å². The first kappa shape index (κ1) is 14.4. The zero-order valence-corrected chi connectivity index (χ0v) is 12.9. The van der Waals surface area contributed by atoms with E-state index in [4.69, 9.17) is 9.47 Å². The predicted molar refractivity (Wildman–Crippen MR) is 82.1 cm³/mol. The lowest BCUT2D eigenvalue weighted by molar-refractivity contribution is -0.115. The van der Waals surface area contributed by atoms with Crippen molar-refractivity contribution in [1.82, 2.24) is 10.2 Å². The van der Waals surface area contributed by atoms with Crippen LogP contribution in [0.2, 0.25) is 0 Å². The predicted octanol–water partition coefficient (Wildman–Crippen LogP) is 2.80. The van der Waals surface area contributed by atoms with Gasteiger partial charge in [-0.3, -0.25) is 9.89 Å². The maximum absolute atomic E-state index is 12.0. The SMILES string of the molecule is CCC1(C)Oc2ccc(NC(=O)Cc3cc(C)[nH]n3)cc2O1. The molecule has 0 saturated carbocycles. The second-order valence-electron chi connectivity index (χ2n) is 5.62. The van der Waals surface area contributed by atoms with Crippen LogP contribution in [0.15, 0.2) is 24.3 Å². The third kappa shape index (κ3) is 2.90. The number of H-pyrrole nitrogens is 1. The van der Waals surface area contributed by atoms with Crippen LogP contribution in [0.1, 0.15) is 31.7 Å². The van der Waals surface area contributed by atoms with E-state index in [0.29, 0.717) is 22.9 Å². The number of benzene rings is 1. The number of anilines is 1. The largest absolute Gasteiger partial charge is 0.449 e. The molecule has 1 aromatic heterocycles. The Morgan fingerprint density at radius 1 is 1.32 bits per heavy atom. The van der Waals surface area contributed by atoms with E-state index in [1.54, 1.807) is 12.1 Å².